The molecule has 0 aliphatic carbocycles. The molecule has 0 aromatic heterocycles. The van der Waals surface area contributed by atoms with Crippen molar-refractivity contribution in [3.05, 3.63) is 35.4 Å². The smallest absolute Gasteiger partial charge is 0.00187 e. The van der Waals surface area contributed by atoms with Gasteiger partial charge in [0.05, 0.1) is 0 Å². The van der Waals surface area contributed by atoms with Crippen molar-refractivity contribution in [1.29, 1.82) is 0 Å². The molecule has 0 fully saturated rings. The Bertz CT molecular complexity index is 280. The maximum absolute atomic E-state index is 2.37. The standard InChI is InChI=1S/C14H23N/c1-4-13-9-6-7-10-14(13)11-8-12-15(3)5-2/h6-7,9-10H,4-5,8,11-12H2,1-3H3. The van der Waals surface area contributed by atoms with Gasteiger partial charge in [0, 0.05) is 0 Å². The molecule has 0 bridgehead atoms. The van der Waals surface area contributed by atoms with Crippen molar-refractivity contribution in [2.45, 2.75) is 33.1 Å². The van der Waals surface area contributed by atoms with Crippen molar-refractivity contribution in [1.82, 2.24) is 4.90 Å². The van der Waals surface area contributed by atoms with Gasteiger partial charge in [-0.2, -0.15) is 0 Å². The highest BCUT2D eigenvalue weighted by molar-refractivity contribution is 5.27. The molecule has 1 nitrogen and oxygen atoms in total. The van der Waals surface area contributed by atoms with Crippen LogP contribution in [0.3, 0.4) is 0 Å². The Hall–Kier alpha value is -0.820. The van der Waals surface area contributed by atoms with Crippen LogP contribution >= 0.6 is 0 Å². The van der Waals surface area contributed by atoms with E-state index >= 15 is 0 Å². The van der Waals surface area contributed by atoms with Crippen LogP contribution in [-0.2, 0) is 12.8 Å². The van der Waals surface area contributed by atoms with Gasteiger partial charge >= 0.3 is 0 Å². The molecule has 0 heterocycles. The summed E-state index contributed by atoms with van der Waals surface area (Å²) in [5, 5.41) is 0. The first-order chi connectivity index (χ1) is 7.27. The molecule has 1 aromatic carbocycles. The highest BCUT2D eigenvalue weighted by atomic mass is 15.1. The van der Waals surface area contributed by atoms with Crippen molar-refractivity contribution < 1.29 is 0 Å². The van der Waals surface area contributed by atoms with E-state index in [0.29, 0.717) is 0 Å². The topological polar surface area (TPSA) is 3.24 Å². The van der Waals surface area contributed by atoms with E-state index in [-0.39, 0.29) is 0 Å². The minimum atomic E-state index is 1.15. The fourth-order valence-corrected chi connectivity index (χ4v) is 1.84. The molecule has 0 N–H and O–H groups in total. The molecule has 0 amide bonds. The molecular formula is C14H23N. The zero-order chi connectivity index (χ0) is 11.1. The van der Waals surface area contributed by atoms with Gasteiger partial charge in [-0.25, -0.2) is 0 Å². The maximum Gasteiger partial charge on any atom is -0.00187 e. The molecule has 0 saturated heterocycles. The quantitative estimate of drug-likeness (QED) is 0.689. The summed E-state index contributed by atoms with van der Waals surface area (Å²) in [5.41, 5.74) is 3.04. The van der Waals surface area contributed by atoms with E-state index in [1.54, 1.807) is 0 Å². The second-order valence-electron chi connectivity index (χ2n) is 4.12. The molecule has 15 heavy (non-hydrogen) atoms. The van der Waals surface area contributed by atoms with Crippen LogP contribution in [0.4, 0.5) is 0 Å². The molecule has 84 valence electrons. The lowest BCUT2D eigenvalue weighted by Gasteiger charge is -2.14. The Balaban J connectivity index is 2.43. The van der Waals surface area contributed by atoms with Crippen LogP contribution in [-0.4, -0.2) is 25.0 Å². The first-order valence-electron chi connectivity index (χ1n) is 6.03. The third kappa shape index (κ3) is 4.05. The first kappa shape index (κ1) is 12.3. The average molecular weight is 205 g/mol. The number of hydrogen-bond donors (Lipinski definition) is 0. The Labute approximate surface area is 94.1 Å². The van der Waals surface area contributed by atoms with Crippen molar-refractivity contribution in [3.8, 4) is 0 Å². The molecule has 0 saturated carbocycles. The summed E-state index contributed by atoms with van der Waals surface area (Å²) < 4.78 is 0. The van der Waals surface area contributed by atoms with Gasteiger partial charge in [0.25, 0.3) is 0 Å². The van der Waals surface area contributed by atoms with Crippen molar-refractivity contribution in [3.63, 3.8) is 0 Å². The molecular weight excluding hydrogens is 182 g/mol. The van der Waals surface area contributed by atoms with Crippen molar-refractivity contribution in [2.75, 3.05) is 20.1 Å². The monoisotopic (exact) mass is 205 g/mol. The summed E-state index contributed by atoms with van der Waals surface area (Å²) in [7, 11) is 2.19. The summed E-state index contributed by atoms with van der Waals surface area (Å²) in [5.74, 6) is 0. The molecule has 1 heteroatoms. The lowest BCUT2D eigenvalue weighted by Crippen LogP contribution is -2.19. The molecule has 0 unspecified atom stereocenters. The van der Waals surface area contributed by atoms with E-state index in [9.17, 15) is 0 Å². The van der Waals surface area contributed by atoms with Crippen LogP contribution in [0.15, 0.2) is 24.3 Å². The largest absolute Gasteiger partial charge is 0.307 e. The first-order valence-corrected chi connectivity index (χ1v) is 6.03. The Morgan fingerprint density at radius 2 is 1.73 bits per heavy atom. The van der Waals surface area contributed by atoms with Crippen LogP contribution in [0.2, 0.25) is 0 Å². The Kier molecular flexibility index (Phi) is 5.41. The Morgan fingerprint density at radius 3 is 2.33 bits per heavy atom. The normalized spacial score (nSPS) is 10.9. The molecule has 0 spiro atoms. The lowest BCUT2D eigenvalue weighted by molar-refractivity contribution is 0.347. The number of aryl methyl sites for hydroxylation is 2. The summed E-state index contributed by atoms with van der Waals surface area (Å²) >= 11 is 0. The van der Waals surface area contributed by atoms with Crippen LogP contribution < -0.4 is 0 Å². The van der Waals surface area contributed by atoms with Gasteiger partial charge < -0.3 is 4.90 Å². The number of nitrogens with zero attached hydrogens (tertiary/aromatic N) is 1. The maximum atomic E-state index is 2.37. The minimum Gasteiger partial charge on any atom is -0.307 e. The molecule has 0 aliphatic rings. The zero-order valence-electron chi connectivity index (χ0n) is 10.3. The highest BCUT2D eigenvalue weighted by Crippen LogP contribution is 2.11. The van der Waals surface area contributed by atoms with E-state index in [1.165, 1.54) is 30.5 Å². The third-order valence-electron chi connectivity index (χ3n) is 3.03. The molecule has 1 aromatic rings. The lowest BCUT2D eigenvalue weighted by atomic mass is 10.0. The summed E-state index contributed by atoms with van der Waals surface area (Å²) in [4.78, 5) is 2.37. The van der Waals surface area contributed by atoms with E-state index in [2.05, 4.69) is 50.1 Å². The van der Waals surface area contributed by atoms with Gasteiger partial charge in [0.1, 0.15) is 0 Å². The fourth-order valence-electron chi connectivity index (χ4n) is 1.84. The van der Waals surface area contributed by atoms with Crippen LogP contribution in [0, 0.1) is 0 Å². The number of hydrogen-bond acceptors (Lipinski definition) is 1. The van der Waals surface area contributed by atoms with Crippen LogP contribution in [0.5, 0.6) is 0 Å². The second-order valence-corrected chi connectivity index (χ2v) is 4.12. The van der Waals surface area contributed by atoms with Gasteiger partial charge in [-0.15, -0.1) is 0 Å². The van der Waals surface area contributed by atoms with Gasteiger partial charge in [-0.3, -0.25) is 0 Å². The summed E-state index contributed by atoms with van der Waals surface area (Å²) in [6.45, 7) is 6.79. The zero-order valence-corrected chi connectivity index (χ0v) is 10.3. The second kappa shape index (κ2) is 6.62. The number of benzene rings is 1. The van der Waals surface area contributed by atoms with Gasteiger partial charge in [0.2, 0.25) is 0 Å². The summed E-state index contributed by atoms with van der Waals surface area (Å²) in [6.07, 6.45) is 3.63. The van der Waals surface area contributed by atoms with Crippen molar-refractivity contribution in [2.24, 2.45) is 0 Å². The van der Waals surface area contributed by atoms with Gasteiger partial charge in [-0.1, -0.05) is 38.1 Å². The van der Waals surface area contributed by atoms with E-state index in [1.807, 2.05) is 0 Å². The van der Waals surface area contributed by atoms with Crippen LogP contribution in [0.25, 0.3) is 0 Å². The predicted octanol–water partition coefficient (Wildman–Crippen LogP) is 3.13. The highest BCUT2D eigenvalue weighted by Gasteiger charge is 2.00. The Morgan fingerprint density at radius 1 is 1.07 bits per heavy atom. The molecule has 0 atom stereocenters. The third-order valence-corrected chi connectivity index (χ3v) is 3.03. The molecule has 0 aliphatic heterocycles. The van der Waals surface area contributed by atoms with E-state index in [4.69, 9.17) is 0 Å². The summed E-state index contributed by atoms with van der Waals surface area (Å²) in [6, 6.07) is 8.81. The van der Waals surface area contributed by atoms with Gasteiger partial charge in [0.15, 0.2) is 0 Å². The molecule has 0 radical (unpaired) electrons. The van der Waals surface area contributed by atoms with E-state index in [0.717, 1.165) is 13.0 Å². The minimum absolute atomic E-state index is 1.15. The molecule has 1 rings (SSSR count). The SMILES string of the molecule is CCc1ccccc1CCCN(C)CC. The van der Waals surface area contributed by atoms with E-state index < -0.39 is 0 Å². The van der Waals surface area contributed by atoms with Crippen molar-refractivity contribution >= 4 is 0 Å². The fraction of sp³-hybridized carbons (Fsp3) is 0.571. The predicted molar refractivity (Wildman–Crippen MR) is 67.3 cm³/mol. The van der Waals surface area contributed by atoms with Gasteiger partial charge in [-0.05, 0) is 50.5 Å². The number of rotatable bonds is 6. The average Bonchev–Trinajstić information content (AvgIpc) is 2.29. The van der Waals surface area contributed by atoms with Crippen LogP contribution in [0.1, 0.15) is 31.4 Å².